The second kappa shape index (κ2) is 7.71. The van der Waals surface area contributed by atoms with Crippen LogP contribution < -0.4 is 4.90 Å². The van der Waals surface area contributed by atoms with Gasteiger partial charge in [0.05, 0.1) is 36.5 Å². The smallest absolute Gasteiger partial charge is 0.147 e. The van der Waals surface area contributed by atoms with E-state index in [-0.39, 0.29) is 6.04 Å². The second-order valence-corrected chi connectivity index (χ2v) is 7.87. The Balaban J connectivity index is 1.48. The van der Waals surface area contributed by atoms with Gasteiger partial charge in [0.25, 0.3) is 0 Å². The predicted octanol–water partition coefficient (Wildman–Crippen LogP) is 2.43. The van der Waals surface area contributed by atoms with Crippen molar-refractivity contribution < 1.29 is 9.84 Å². The molecule has 0 amide bonds. The third-order valence-electron chi connectivity index (χ3n) is 6.23. The Morgan fingerprint density at radius 1 is 0.931 bits per heavy atom. The highest BCUT2D eigenvalue weighted by molar-refractivity contribution is 5.75. The fourth-order valence-electron chi connectivity index (χ4n) is 4.60. The van der Waals surface area contributed by atoms with E-state index in [1.165, 1.54) is 0 Å². The predicted molar refractivity (Wildman–Crippen MR) is 113 cm³/mol. The fourth-order valence-corrected chi connectivity index (χ4v) is 4.60. The van der Waals surface area contributed by atoms with E-state index >= 15 is 0 Å². The Labute approximate surface area is 170 Å². The van der Waals surface area contributed by atoms with Gasteiger partial charge in [-0.2, -0.15) is 0 Å². The number of aliphatic hydroxyl groups is 1. The van der Waals surface area contributed by atoms with E-state index < -0.39 is 5.60 Å². The Bertz CT molecular complexity index is 977. The van der Waals surface area contributed by atoms with E-state index in [2.05, 4.69) is 14.8 Å². The zero-order valence-electron chi connectivity index (χ0n) is 16.4. The van der Waals surface area contributed by atoms with E-state index in [1.54, 1.807) is 0 Å². The van der Waals surface area contributed by atoms with Gasteiger partial charge in [-0.1, -0.05) is 42.5 Å². The second-order valence-electron chi connectivity index (χ2n) is 7.87. The number of fused-ring (bicyclic) bond motifs is 1. The first-order chi connectivity index (χ1) is 14.2. The molecular formula is C23H26N4O2. The van der Waals surface area contributed by atoms with E-state index in [0.29, 0.717) is 26.2 Å². The van der Waals surface area contributed by atoms with Gasteiger partial charge in [0.2, 0.25) is 0 Å². The van der Waals surface area contributed by atoms with Crippen molar-refractivity contribution >= 4 is 16.9 Å². The van der Waals surface area contributed by atoms with Crippen molar-refractivity contribution in [3.05, 3.63) is 66.4 Å². The van der Waals surface area contributed by atoms with Crippen molar-refractivity contribution in [1.29, 1.82) is 0 Å². The minimum atomic E-state index is -0.890. The standard InChI is InChI=1S/C23H26N4O2/c28-23(18-6-2-1-3-7-18)10-11-27(17-21(23)26-12-14-29-15-13-26)22-16-24-19-8-4-5-9-20(19)25-22/h1-9,16,21,28H,10-15,17H2/t21-,23+/m1/s1. The number of hydrogen-bond donors (Lipinski definition) is 1. The average Bonchev–Trinajstić information content (AvgIpc) is 2.80. The first-order valence-electron chi connectivity index (χ1n) is 10.3. The molecule has 3 aromatic rings. The minimum absolute atomic E-state index is 0.0316. The number of rotatable bonds is 3. The molecule has 1 N–H and O–H groups in total. The third-order valence-corrected chi connectivity index (χ3v) is 6.23. The van der Waals surface area contributed by atoms with Crippen LogP contribution in [0.3, 0.4) is 0 Å². The first-order valence-corrected chi connectivity index (χ1v) is 10.3. The summed E-state index contributed by atoms with van der Waals surface area (Å²) in [4.78, 5) is 14.1. The normalized spacial score (nSPS) is 26.0. The lowest BCUT2D eigenvalue weighted by atomic mass is 9.79. The zero-order chi connectivity index (χ0) is 19.7. The molecule has 150 valence electrons. The molecule has 2 saturated heterocycles. The number of hydrogen-bond acceptors (Lipinski definition) is 6. The molecule has 0 aliphatic carbocycles. The van der Waals surface area contributed by atoms with Crippen LogP contribution in [0.4, 0.5) is 5.82 Å². The van der Waals surface area contributed by atoms with E-state index in [4.69, 9.17) is 9.72 Å². The number of morpholine rings is 1. The molecule has 2 fully saturated rings. The lowest BCUT2D eigenvalue weighted by Gasteiger charge is -2.50. The molecule has 2 atom stereocenters. The summed E-state index contributed by atoms with van der Waals surface area (Å²) in [7, 11) is 0. The van der Waals surface area contributed by atoms with Crippen LogP contribution in [0.15, 0.2) is 60.8 Å². The van der Waals surface area contributed by atoms with Crippen molar-refractivity contribution in [3.8, 4) is 0 Å². The Hall–Kier alpha value is -2.54. The Morgan fingerprint density at radius 2 is 1.66 bits per heavy atom. The molecule has 29 heavy (non-hydrogen) atoms. The molecule has 3 heterocycles. The topological polar surface area (TPSA) is 61.7 Å². The van der Waals surface area contributed by atoms with Gasteiger partial charge in [-0.05, 0) is 24.1 Å². The summed E-state index contributed by atoms with van der Waals surface area (Å²) < 4.78 is 5.56. The summed E-state index contributed by atoms with van der Waals surface area (Å²) in [5.41, 5.74) is 1.90. The minimum Gasteiger partial charge on any atom is -0.383 e. The summed E-state index contributed by atoms with van der Waals surface area (Å²) in [6.45, 7) is 4.51. The van der Waals surface area contributed by atoms with Crippen molar-refractivity contribution in [2.45, 2.75) is 18.1 Å². The first kappa shape index (κ1) is 18.5. The number of aromatic nitrogens is 2. The van der Waals surface area contributed by atoms with Gasteiger partial charge in [0, 0.05) is 26.2 Å². The van der Waals surface area contributed by atoms with Crippen molar-refractivity contribution in [1.82, 2.24) is 14.9 Å². The van der Waals surface area contributed by atoms with Crippen LogP contribution in [-0.2, 0) is 10.3 Å². The van der Waals surface area contributed by atoms with E-state index in [0.717, 1.165) is 42.0 Å². The van der Waals surface area contributed by atoms with Crippen LogP contribution >= 0.6 is 0 Å². The molecule has 2 aliphatic rings. The molecule has 0 unspecified atom stereocenters. The molecule has 6 nitrogen and oxygen atoms in total. The molecule has 6 heteroatoms. The molecule has 0 saturated carbocycles. The lowest BCUT2D eigenvalue weighted by Crippen LogP contribution is -2.62. The molecule has 1 aromatic heterocycles. The maximum Gasteiger partial charge on any atom is 0.147 e. The third kappa shape index (κ3) is 3.48. The van der Waals surface area contributed by atoms with Crippen LogP contribution in [0.5, 0.6) is 0 Å². The highest BCUT2D eigenvalue weighted by atomic mass is 16.5. The molecule has 0 radical (unpaired) electrons. The summed E-state index contributed by atoms with van der Waals surface area (Å²) in [6.07, 6.45) is 2.50. The number of para-hydroxylation sites is 2. The fraction of sp³-hybridized carbons (Fsp3) is 0.391. The maximum atomic E-state index is 11.8. The van der Waals surface area contributed by atoms with Crippen LogP contribution in [0.2, 0.25) is 0 Å². The zero-order valence-corrected chi connectivity index (χ0v) is 16.4. The van der Waals surface area contributed by atoms with Crippen LogP contribution in [0.1, 0.15) is 12.0 Å². The highest BCUT2D eigenvalue weighted by Gasteiger charge is 2.46. The molecule has 2 aromatic carbocycles. The number of nitrogens with zero attached hydrogens (tertiary/aromatic N) is 4. The van der Waals surface area contributed by atoms with E-state index in [9.17, 15) is 5.11 Å². The number of piperidine rings is 1. The molecule has 2 aliphatic heterocycles. The van der Waals surface area contributed by atoms with Crippen LogP contribution in [0, 0.1) is 0 Å². The van der Waals surface area contributed by atoms with Crippen LogP contribution in [0.25, 0.3) is 11.0 Å². The van der Waals surface area contributed by atoms with Gasteiger partial charge in [0.15, 0.2) is 0 Å². The van der Waals surface area contributed by atoms with Crippen molar-refractivity contribution in [3.63, 3.8) is 0 Å². The van der Waals surface area contributed by atoms with Gasteiger partial charge >= 0.3 is 0 Å². The van der Waals surface area contributed by atoms with Gasteiger partial charge in [-0.15, -0.1) is 0 Å². The monoisotopic (exact) mass is 390 g/mol. The number of ether oxygens (including phenoxy) is 1. The van der Waals surface area contributed by atoms with Gasteiger partial charge < -0.3 is 14.7 Å². The summed E-state index contributed by atoms with van der Waals surface area (Å²) in [5.74, 6) is 0.872. The van der Waals surface area contributed by atoms with Crippen molar-refractivity contribution in [2.24, 2.45) is 0 Å². The van der Waals surface area contributed by atoms with Gasteiger partial charge in [0.1, 0.15) is 11.4 Å². The Morgan fingerprint density at radius 3 is 2.45 bits per heavy atom. The maximum absolute atomic E-state index is 11.8. The largest absolute Gasteiger partial charge is 0.383 e. The number of benzene rings is 2. The van der Waals surface area contributed by atoms with Gasteiger partial charge in [-0.25, -0.2) is 4.98 Å². The Kier molecular flexibility index (Phi) is 4.91. The molecular weight excluding hydrogens is 364 g/mol. The highest BCUT2D eigenvalue weighted by Crippen LogP contribution is 2.37. The average molecular weight is 390 g/mol. The quantitative estimate of drug-likeness (QED) is 0.741. The summed E-state index contributed by atoms with van der Waals surface area (Å²) in [5, 5.41) is 11.8. The van der Waals surface area contributed by atoms with Gasteiger partial charge in [-0.3, -0.25) is 9.88 Å². The number of anilines is 1. The molecule has 0 bridgehead atoms. The van der Waals surface area contributed by atoms with Crippen LogP contribution in [-0.4, -0.2) is 65.4 Å². The van der Waals surface area contributed by atoms with Crippen molar-refractivity contribution in [2.75, 3.05) is 44.3 Å². The lowest BCUT2D eigenvalue weighted by molar-refractivity contribution is -0.0911. The summed E-state index contributed by atoms with van der Waals surface area (Å²) >= 11 is 0. The molecule has 0 spiro atoms. The SMILES string of the molecule is O[C@]1(c2ccccc2)CCN(c2cnc3ccccc3n2)C[C@H]1N1CCOCC1. The summed E-state index contributed by atoms with van der Waals surface area (Å²) in [6, 6.07) is 18.0. The molecule has 5 rings (SSSR count). The van der Waals surface area contributed by atoms with E-state index in [1.807, 2.05) is 60.8 Å².